The van der Waals surface area contributed by atoms with Crippen molar-refractivity contribution in [3.05, 3.63) is 52.4 Å². The van der Waals surface area contributed by atoms with Gasteiger partial charge in [-0.1, -0.05) is 23.2 Å². The van der Waals surface area contributed by atoms with Gasteiger partial charge in [0.15, 0.2) is 6.61 Å². The van der Waals surface area contributed by atoms with Crippen LogP contribution in [0, 0.1) is 0 Å². The molecule has 0 saturated carbocycles. The third kappa shape index (κ3) is 3.42. The molecule has 94 valence electrons. The highest BCUT2D eigenvalue weighted by atomic mass is 35.5. The molecule has 0 aliphatic carbocycles. The molecule has 0 aliphatic heterocycles. The Hall–Kier alpha value is -1.65. The Morgan fingerprint density at radius 2 is 2.11 bits per heavy atom. The minimum Gasteiger partial charge on any atom is -0.466 e. The molecule has 0 atom stereocenters. The minimum atomic E-state index is -0.593. The van der Waals surface area contributed by atoms with Crippen molar-refractivity contribution in [1.82, 2.24) is 0 Å². The Labute approximate surface area is 113 Å². The van der Waals surface area contributed by atoms with Crippen molar-refractivity contribution in [1.29, 1.82) is 0 Å². The van der Waals surface area contributed by atoms with Crippen LogP contribution in [0.2, 0.25) is 10.0 Å². The highest BCUT2D eigenvalue weighted by molar-refractivity contribution is 6.42. The lowest BCUT2D eigenvalue weighted by Gasteiger charge is -2.06. The Morgan fingerprint density at radius 1 is 1.28 bits per heavy atom. The molecule has 0 radical (unpaired) electrons. The maximum Gasteiger partial charge on any atom is 0.412 e. The molecule has 4 nitrogen and oxygen atoms in total. The molecule has 1 aromatic heterocycles. The van der Waals surface area contributed by atoms with E-state index in [1.54, 1.807) is 24.3 Å². The summed E-state index contributed by atoms with van der Waals surface area (Å²) in [4.78, 5) is 11.5. The van der Waals surface area contributed by atoms with Crippen LogP contribution < -0.4 is 5.32 Å². The van der Waals surface area contributed by atoms with Crippen LogP contribution in [0.3, 0.4) is 0 Å². The maximum absolute atomic E-state index is 11.5. The Kier molecular flexibility index (Phi) is 4.12. The first-order valence-corrected chi connectivity index (χ1v) is 5.82. The predicted molar refractivity (Wildman–Crippen MR) is 69.0 cm³/mol. The molecule has 0 saturated heterocycles. The molecule has 1 amide bonds. The number of nitrogens with one attached hydrogen (secondary N) is 1. The van der Waals surface area contributed by atoms with Crippen molar-refractivity contribution in [2.45, 2.75) is 6.61 Å². The molecular weight excluding hydrogens is 277 g/mol. The summed E-state index contributed by atoms with van der Waals surface area (Å²) in [6.45, 7) is 0.0696. The van der Waals surface area contributed by atoms with E-state index in [0.717, 1.165) is 0 Å². The van der Waals surface area contributed by atoms with Crippen molar-refractivity contribution in [3.63, 3.8) is 0 Å². The van der Waals surface area contributed by atoms with E-state index in [1.807, 2.05) is 0 Å². The standard InChI is InChI=1S/C12H9Cl2NO3/c13-10-4-3-8(6-11(10)14)15-12(16)18-7-9-2-1-5-17-9/h1-6H,7H2,(H,15,16). The molecule has 1 N–H and O–H groups in total. The van der Waals surface area contributed by atoms with Crippen molar-refractivity contribution in [2.24, 2.45) is 0 Å². The first-order valence-electron chi connectivity index (χ1n) is 5.06. The molecule has 0 bridgehead atoms. The van der Waals surface area contributed by atoms with E-state index in [2.05, 4.69) is 5.32 Å². The number of carbonyl (C=O) groups excluding carboxylic acids is 1. The molecule has 1 aromatic carbocycles. The highest BCUT2D eigenvalue weighted by Gasteiger charge is 2.06. The smallest absolute Gasteiger partial charge is 0.412 e. The zero-order chi connectivity index (χ0) is 13.0. The van der Waals surface area contributed by atoms with Gasteiger partial charge in [0.1, 0.15) is 5.76 Å². The lowest BCUT2D eigenvalue weighted by molar-refractivity contribution is 0.146. The highest BCUT2D eigenvalue weighted by Crippen LogP contribution is 2.25. The first kappa shape index (κ1) is 12.8. The van der Waals surface area contributed by atoms with Gasteiger partial charge in [-0.25, -0.2) is 4.79 Å². The van der Waals surface area contributed by atoms with Crippen LogP contribution in [-0.2, 0) is 11.3 Å². The third-order valence-electron chi connectivity index (χ3n) is 2.09. The van der Waals surface area contributed by atoms with Gasteiger partial charge >= 0.3 is 6.09 Å². The topological polar surface area (TPSA) is 51.5 Å². The average Bonchev–Trinajstić information content (AvgIpc) is 2.84. The number of halogens is 2. The van der Waals surface area contributed by atoms with Gasteiger partial charge in [-0.15, -0.1) is 0 Å². The molecular formula is C12H9Cl2NO3. The SMILES string of the molecule is O=C(Nc1ccc(Cl)c(Cl)c1)OCc1ccco1. The molecule has 0 aliphatic rings. The summed E-state index contributed by atoms with van der Waals surface area (Å²) in [7, 11) is 0. The Balaban J connectivity index is 1.88. The van der Waals surface area contributed by atoms with E-state index in [0.29, 0.717) is 21.5 Å². The van der Waals surface area contributed by atoms with E-state index in [-0.39, 0.29) is 6.61 Å². The number of furan rings is 1. The second-order valence-electron chi connectivity index (χ2n) is 3.41. The van der Waals surface area contributed by atoms with Gasteiger partial charge in [-0.3, -0.25) is 5.32 Å². The summed E-state index contributed by atoms with van der Waals surface area (Å²) < 4.78 is 9.97. The van der Waals surface area contributed by atoms with Gasteiger partial charge in [-0.2, -0.15) is 0 Å². The van der Waals surface area contributed by atoms with Gasteiger partial charge in [0.05, 0.1) is 16.3 Å². The predicted octanol–water partition coefficient (Wildman–Crippen LogP) is 4.34. The molecule has 6 heteroatoms. The number of hydrogen-bond donors (Lipinski definition) is 1. The molecule has 2 rings (SSSR count). The number of benzene rings is 1. The number of anilines is 1. The van der Waals surface area contributed by atoms with Gasteiger partial charge in [-0.05, 0) is 30.3 Å². The summed E-state index contributed by atoms with van der Waals surface area (Å²) >= 11 is 11.6. The normalized spacial score (nSPS) is 10.1. The van der Waals surface area contributed by atoms with Crippen LogP contribution in [0.5, 0.6) is 0 Å². The molecule has 0 unspecified atom stereocenters. The van der Waals surface area contributed by atoms with Crippen molar-refractivity contribution < 1.29 is 13.9 Å². The van der Waals surface area contributed by atoms with E-state index in [1.165, 1.54) is 12.3 Å². The number of rotatable bonds is 3. The van der Waals surface area contributed by atoms with Crippen LogP contribution in [-0.4, -0.2) is 6.09 Å². The summed E-state index contributed by atoms with van der Waals surface area (Å²) in [6.07, 6.45) is 0.917. The first-order chi connectivity index (χ1) is 8.65. The number of ether oxygens (including phenoxy) is 1. The van der Waals surface area contributed by atoms with E-state index in [9.17, 15) is 4.79 Å². The third-order valence-corrected chi connectivity index (χ3v) is 2.83. The summed E-state index contributed by atoms with van der Waals surface area (Å²) in [6, 6.07) is 8.19. The van der Waals surface area contributed by atoms with Crippen LogP contribution in [0.1, 0.15) is 5.76 Å². The second kappa shape index (κ2) is 5.80. The van der Waals surface area contributed by atoms with Crippen molar-refractivity contribution in [2.75, 3.05) is 5.32 Å². The zero-order valence-corrected chi connectivity index (χ0v) is 10.7. The average molecular weight is 286 g/mol. The summed E-state index contributed by atoms with van der Waals surface area (Å²) in [5.74, 6) is 0.569. The fourth-order valence-electron chi connectivity index (χ4n) is 1.26. The molecule has 0 fully saturated rings. The number of amides is 1. The lowest BCUT2D eigenvalue weighted by Crippen LogP contribution is -2.13. The van der Waals surface area contributed by atoms with E-state index >= 15 is 0 Å². The molecule has 18 heavy (non-hydrogen) atoms. The van der Waals surface area contributed by atoms with Gasteiger partial charge in [0, 0.05) is 5.69 Å². The Morgan fingerprint density at radius 3 is 2.78 bits per heavy atom. The number of hydrogen-bond acceptors (Lipinski definition) is 3. The quantitative estimate of drug-likeness (QED) is 0.913. The largest absolute Gasteiger partial charge is 0.466 e. The van der Waals surface area contributed by atoms with Gasteiger partial charge in [0.2, 0.25) is 0 Å². The van der Waals surface area contributed by atoms with Crippen LogP contribution in [0.25, 0.3) is 0 Å². The lowest BCUT2D eigenvalue weighted by atomic mass is 10.3. The van der Waals surface area contributed by atoms with Crippen LogP contribution in [0.15, 0.2) is 41.0 Å². The van der Waals surface area contributed by atoms with E-state index < -0.39 is 6.09 Å². The fourth-order valence-corrected chi connectivity index (χ4v) is 1.56. The van der Waals surface area contributed by atoms with E-state index in [4.69, 9.17) is 32.4 Å². The zero-order valence-electron chi connectivity index (χ0n) is 9.15. The molecule has 2 aromatic rings. The molecule has 0 spiro atoms. The summed E-state index contributed by atoms with van der Waals surface area (Å²) in [5.41, 5.74) is 0.508. The van der Waals surface area contributed by atoms with Crippen molar-refractivity contribution >= 4 is 35.0 Å². The number of carbonyl (C=O) groups is 1. The van der Waals surface area contributed by atoms with Crippen molar-refractivity contribution in [3.8, 4) is 0 Å². The minimum absolute atomic E-state index is 0.0696. The Bertz CT molecular complexity index is 540. The van der Waals surface area contributed by atoms with Crippen LogP contribution >= 0.6 is 23.2 Å². The maximum atomic E-state index is 11.5. The molecule has 1 heterocycles. The summed E-state index contributed by atoms with van der Waals surface area (Å²) in [5, 5.41) is 3.31. The monoisotopic (exact) mass is 285 g/mol. The van der Waals surface area contributed by atoms with Crippen LogP contribution in [0.4, 0.5) is 10.5 Å². The second-order valence-corrected chi connectivity index (χ2v) is 4.22. The van der Waals surface area contributed by atoms with Gasteiger partial charge in [0.25, 0.3) is 0 Å². The van der Waals surface area contributed by atoms with Gasteiger partial charge < -0.3 is 9.15 Å². The fraction of sp³-hybridized carbons (Fsp3) is 0.0833.